The molecule has 2 heterocycles. The summed E-state index contributed by atoms with van der Waals surface area (Å²) < 4.78 is 4.94. The number of aromatic amines is 1. The van der Waals surface area contributed by atoms with E-state index >= 15 is 0 Å². The normalized spacial score (nSPS) is 23.6. The Balaban J connectivity index is 1.96. The molecule has 1 saturated heterocycles. The Morgan fingerprint density at radius 1 is 1.32 bits per heavy atom. The number of aromatic nitrogens is 1. The van der Waals surface area contributed by atoms with Gasteiger partial charge in [-0.05, 0) is 12.1 Å². The minimum absolute atomic E-state index is 0.0934. The van der Waals surface area contributed by atoms with E-state index in [1.54, 1.807) is 12.3 Å². The van der Waals surface area contributed by atoms with Gasteiger partial charge in [-0.15, -0.1) is 0 Å². The third-order valence-electron chi connectivity index (χ3n) is 3.67. The number of para-hydroxylation sites is 1. The van der Waals surface area contributed by atoms with E-state index in [9.17, 15) is 14.7 Å². The van der Waals surface area contributed by atoms with Gasteiger partial charge in [-0.1, -0.05) is 18.2 Å². The number of fused-ring (bicyclic) bond motifs is 1. The molecule has 114 valence electrons. The van der Waals surface area contributed by atoms with Gasteiger partial charge in [0.2, 0.25) is 5.72 Å². The smallest absolute Gasteiger partial charge is 0.280 e. The largest absolute Gasteiger partial charge is 0.391 e. The molecule has 2 aromatic rings. The lowest BCUT2D eigenvalue weighted by atomic mass is 10.1. The molecule has 0 radical (unpaired) electrons. The number of hydrogen-bond acceptors (Lipinski definition) is 4. The number of ether oxygens (including phenoxy) is 1. The monoisotopic (exact) mass is 301 g/mol. The first kappa shape index (κ1) is 14.3. The highest BCUT2D eigenvalue weighted by Crippen LogP contribution is 2.21. The molecule has 22 heavy (non-hydrogen) atoms. The van der Waals surface area contributed by atoms with Gasteiger partial charge >= 0.3 is 0 Å². The van der Waals surface area contributed by atoms with Gasteiger partial charge in [-0.2, -0.15) is 0 Å². The first-order chi connectivity index (χ1) is 10.6. The fourth-order valence-electron chi connectivity index (χ4n) is 2.38. The summed E-state index contributed by atoms with van der Waals surface area (Å²) in [5, 5.41) is 15.1. The number of amides is 2. The summed E-state index contributed by atoms with van der Waals surface area (Å²) in [6.07, 6.45) is 3.32. The van der Waals surface area contributed by atoms with E-state index in [4.69, 9.17) is 4.74 Å². The van der Waals surface area contributed by atoms with Gasteiger partial charge in [0, 0.05) is 29.8 Å². The zero-order valence-corrected chi connectivity index (χ0v) is 11.8. The second kappa shape index (κ2) is 5.28. The van der Waals surface area contributed by atoms with Gasteiger partial charge in [-0.3, -0.25) is 9.59 Å². The van der Waals surface area contributed by atoms with Crippen molar-refractivity contribution in [3.63, 3.8) is 0 Å². The predicted octanol–water partition coefficient (Wildman–Crippen LogP) is 0.0898. The number of methoxy groups -OCH3 is 1. The van der Waals surface area contributed by atoms with Gasteiger partial charge in [0.15, 0.2) is 0 Å². The van der Waals surface area contributed by atoms with Gasteiger partial charge in [0.1, 0.15) is 12.3 Å². The third-order valence-corrected chi connectivity index (χ3v) is 3.67. The fraction of sp³-hybridized carbons (Fsp3) is 0.200. The molecule has 1 aliphatic rings. The van der Waals surface area contributed by atoms with Gasteiger partial charge < -0.3 is 25.5 Å². The van der Waals surface area contributed by atoms with Crippen LogP contribution in [-0.4, -0.2) is 41.3 Å². The van der Waals surface area contributed by atoms with Gasteiger partial charge in [0.05, 0.1) is 0 Å². The van der Waals surface area contributed by atoms with Crippen molar-refractivity contribution in [2.75, 3.05) is 13.7 Å². The van der Waals surface area contributed by atoms with E-state index in [2.05, 4.69) is 15.6 Å². The van der Waals surface area contributed by atoms with E-state index < -0.39 is 24.1 Å². The van der Waals surface area contributed by atoms with Crippen LogP contribution < -0.4 is 10.6 Å². The topological polar surface area (TPSA) is 103 Å². The molecule has 4 N–H and O–H groups in total. The van der Waals surface area contributed by atoms with E-state index in [-0.39, 0.29) is 5.70 Å². The number of nitrogens with one attached hydrogen (secondary N) is 3. The van der Waals surface area contributed by atoms with Crippen molar-refractivity contribution in [3.8, 4) is 0 Å². The molecule has 1 unspecified atom stereocenters. The highest BCUT2D eigenvalue weighted by Gasteiger charge is 2.45. The number of benzene rings is 1. The Morgan fingerprint density at radius 2 is 2.09 bits per heavy atom. The first-order valence-electron chi connectivity index (χ1n) is 6.67. The standard InChI is InChI=1S/C15H15N3O4/c1-22-15(8-19)14(21)17-12(13(20)18-15)6-9-7-16-11-5-3-2-4-10(9)11/h2-7,16,19H,8H2,1H3,(H,17,21)(H,18,20)/b12-6-. The fourth-order valence-corrected chi connectivity index (χ4v) is 2.38. The van der Waals surface area contributed by atoms with Crippen molar-refractivity contribution in [1.82, 2.24) is 15.6 Å². The Kier molecular flexibility index (Phi) is 3.44. The highest BCUT2D eigenvalue weighted by molar-refractivity contribution is 6.09. The molecule has 0 spiro atoms. The Morgan fingerprint density at radius 3 is 2.82 bits per heavy atom. The Labute approximate surface area is 126 Å². The maximum Gasteiger partial charge on any atom is 0.280 e. The van der Waals surface area contributed by atoms with Crippen LogP contribution in [0, 0.1) is 0 Å². The zero-order valence-electron chi connectivity index (χ0n) is 11.8. The van der Waals surface area contributed by atoms with Crippen molar-refractivity contribution < 1.29 is 19.4 Å². The second-order valence-corrected chi connectivity index (χ2v) is 4.95. The summed E-state index contributed by atoms with van der Waals surface area (Å²) in [6.45, 7) is -0.651. The van der Waals surface area contributed by atoms with Crippen LogP contribution in [0.1, 0.15) is 5.56 Å². The van der Waals surface area contributed by atoms with E-state index in [1.165, 1.54) is 7.11 Å². The Hall–Kier alpha value is -2.64. The minimum Gasteiger partial charge on any atom is -0.391 e. The number of carbonyl (C=O) groups is 2. The second-order valence-electron chi connectivity index (χ2n) is 4.95. The van der Waals surface area contributed by atoms with Crippen molar-refractivity contribution in [2.45, 2.75) is 5.72 Å². The molecule has 7 heteroatoms. The lowest BCUT2D eigenvalue weighted by molar-refractivity contribution is -0.162. The van der Waals surface area contributed by atoms with Crippen LogP contribution in [0.2, 0.25) is 0 Å². The van der Waals surface area contributed by atoms with Gasteiger partial charge in [-0.25, -0.2) is 0 Å². The summed E-state index contributed by atoms with van der Waals surface area (Å²) in [6, 6.07) is 7.62. The highest BCUT2D eigenvalue weighted by atomic mass is 16.5. The summed E-state index contributed by atoms with van der Waals surface area (Å²) in [5.74, 6) is -1.15. The van der Waals surface area contributed by atoms with Crippen LogP contribution in [0.4, 0.5) is 0 Å². The molecule has 2 amide bonds. The average molecular weight is 301 g/mol. The summed E-state index contributed by atoms with van der Waals surface area (Å²) >= 11 is 0. The number of aliphatic hydroxyl groups is 1. The van der Waals surface area contributed by atoms with Crippen LogP contribution in [0.3, 0.4) is 0 Å². The van der Waals surface area contributed by atoms with Crippen molar-refractivity contribution in [1.29, 1.82) is 0 Å². The number of H-pyrrole nitrogens is 1. The Bertz CT molecular complexity index is 774. The SMILES string of the molecule is COC1(CO)NC(=O)/C(=C/c2c[nH]c3ccccc23)NC1=O. The molecule has 1 atom stereocenters. The van der Waals surface area contributed by atoms with Crippen molar-refractivity contribution in [3.05, 3.63) is 41.7 Å². The number of hydrogen-bond donors (Lipinski definition) is 4. The number of carbonyl (C=O) groups excluding carboxylic acids is 2. The molecule has 1 fully saturated rings. The molecule has 7 nitrogen and oxygen atoms in total. The van der Waals surface area contributed by atoms with E-state index in [0.29, 0.717) is 0 Å². The molecule has 0 aliphatic carbocycles. The van der Waals surface area contributed by atoms with Crippen molar-refractivity contribution in [2.24, 2.45) is 0 Å². The molecule has 1 aliphatic heterocycles. The average Bonchev–Trinajstić information content (AvgIpc) is 2.94. The van der Waals surface area contributed by atoms with Crippen LogP contribution >= 0.6 is 0 Å². The molecular weight excluding hydrogens is 286 g/mol. The molecular formula is C15H15N3O4. The first-order valence-corrected chi connectivity index (χ1v) is 6.67. The van der Waals surface area contributed by atoms with Gasteiger partial charge in [0.25, 0.3) is 11.8 Å². The molecule has 1 aromatic heterocycles. The van der Waals surface area contributed by atoms with Crippen LogP contribution in [-0.2, 0) is 14.3 Å². The molecule has 0 bridgehead atoms. The van der Waals surface area contributed by atoms with E-state index in [0.717, 1.165) is 16.5 Å². The lowest BCUT2D eigenvalue weighted by Crippen LogP contribution is -2.67. The van der Waals surface area contributed by atoms with Crippen LogP contribution in [0.5, 0.6) is 0 Å². The maximum absolute atomic E-state index is 12.1. The zero-order chi connectivity index (χ0) is 15.7. The summed E-state index contributed by atoms with van der Waals surface area (Å²) in [4.78, 5) is 27.3. The molecule has 1 aromatic carbocycles. The van der Waals surface area contributed by atoms with Crippen molar-refractivity contribution >= 4 is 28.8 Å². The maximum atomic E-state index is 12.1. The minimum atomic E-state index is -1.74. The third kappa shape index (κ3) is 2.16. The van der Waals surface area contributed by atoms with Crippen LogP contribution in [0.25, 0.3) is 17.0 Å². The summed E-state index contributed by atoms with van der Waals surface area (Å²) in [7, 11) is 1.24. The quantitative estimate of drug-likeness (QED) is 0.603. The van der Waals surface area contributed by atoms with E-state index in [1.807, 2.05) is 24.3 Å². The van der Waals surface area contributed by atoms with Crippen LogP contribution in [0.15, 0.2) is 36.2 Å². The molecule has 0 saturated carbocycles. The number of piperazine rings is 1. The number of aliphatic hydroxyl groups excluding tert-OH is 1. The number of rotatable bonds is 3. The summed E-state index contributed by atoms with van der Waals surface area (Å²) in [5.41, 5.74) is 0.0542. The predicted molar refractivity (Wildman–Crippen MR) is 79.4 cm³/mol. The lowest BCUT2D eigenvalue weighted by Gasteiger charge is -2.34. The molecule has 3 rings (SSSR count).